The zero-order chi connectivity index (χ0) is 18.5. The molecule has 0 bridgehead atoms. The summed E-state index contributed by atoms with van der Waals surface area (Å²) in [5.41, 5.74) is 3.20. The fourth-order valence-electron chi connectivity index (χ4n) is 3.99. The maximum Gasteiger partial charge on any atom is 0.407 e. The van der Waals surface area contributed by atoms with Gasteiger partial charge in [0.05, 0.1) is 12.2 Å². The summed E-state index contributed by atoms with van der Waals surface area (Å²) < 4.78 is 7.23. The van der Waals surface area contributed by atoms with E-state index in [0.29, 0.717) is 43.0 Å². The third kappa shape index (κ3) is 2.69. The molecule has 0 aliphatic carbocycles. The van der Waals surface area contributed by atoms with E-state index in [4.69, 9.17) is 4.74 Å². The molecule has 1 atom stereocenters. The minimum Gasteiger partial charge on any atom is -0.441 e. The maximum atomic E-state index is 13.2. The fraction of sp³-hybridized carbons (Fsp3) is 0.556. The summed E-state index contributed by atoms with van der Waals surface area (Å²) in [4.78, 5) is 31.1. The van der Waals surface area contributed by atoms with Crippen LogP contribution in [-0.2, 0) is 4.74 Å². The number of hydrogen-bond acceptors (Lipinski definition) is 5. The van der Waals surface area contributed by atoms with Gasteiger partial charge in [0.1, 0.15) is 11.2 Å². The highest BCUT2D eigenvalue weighted by Crippen LogP contribution is 2.30. The lowest BCUT2D eigenvalue weighted by Gasteiger charge is -2.25. The summed E-state index contributed by atoms with van der Waals surface area (Å²) in [6.07, 6.45) is 1.84. The van der Waals surface area contributed by atoms with E-state index in [2.05, 4.69) is 15.4 Å². The molecule has 138 valence electrons. The molecule has 8 heteroatoms. The van der Waals surface area contributed by atoms with Crippen molar-refractivity contribution in [3.8, 4) is 0 Å². The molecule has 2 saturated heterocycles. The highest BCUT2D eigenvalue weighted by atomic mass is 16.6. The van der Waals surface area contributed by atoms with Gasteiger partial charge in [-0.2, -0.15) is 5.10 Å². The summed E-state index contributed by atoms with van der Waals surface area (Å²) in [6.45, 7) is 7.43. The molecule has 1 spiro atoms. The van der Waals surface area contributed by atoms with Gasteiger partial charge in [0.2, 0.25) is 0 Å². The first kappa shape index (κ1) is 16.8. The molecule has 0 saturated carbocycles. The number of rotatable bonds is 1. The van der Waals surface area contributed by atoms with E-state index in [1.165, 1.54) is 0 Å². The van der Waals surface area contributed by atoms with Gasteiger partial charge < -0.3 is 15.0 Å². The number of alkyl carbamates (subject to hydrolysis) is 1. The van der Waals surface area contributed by atoms with E-state index in [-0.39, 0.29) is 12.0 Å². The lowest BCUT2D eigenvalue weighted by atomic mass is 9.95. The molecule has 8 nitrogen and oxygen atoms in total. The van der Waals surface area contributed by atoms with Crippen molar-refractivity contribution < 1.29 is 14.3 Å². The van der Waals surface area contributed by atoms with Crippen LogP contribution in [0.5, 0.6) is 0 Å². The summed E-state index contributed by atoms with van der Waals surface area (Å²) in [7, 11) is 0. The summed E-state index contributed by atoms with van der Waals surface area (Å²) in [5, 5.41) is 7.24. The van der Waals surface area contributed by atoms with Crippen LogP contribution in [0.2, 0.25) is 0 Å². The van der Waals surface area contributed by atoms with E-state index in [0.717, 1.165) is 24.2 Å². The first-order chi connectivity index (χ1) is 12.4. The van der Waals surface area contributed by atoms with Crippen molar-refractivity contribution in [2.75, 3.05) is 19.6 Å². The molecular formula is C18H23N5O3. The normalized spacial score (nSPS) is 23.2. The Balaban J connectivity index is 1.63. The predicted molar refractivity (Wildman–Crippen MR) is 94.2 cm³/mol. The number of likely N-dealkylation sites (tertiary alicyclic amines) is 1. The van der Waals surface area contributed by atoms with Crippen molar-refractivity contribution in [1.82, 2.24) is 24.8 Å². The Hall–Kier alpha value is -2.64. The molecular weight excluding hydrogens is 334 g/mol. The summed E-state index contributed by atoms with van der Waals surface area (Å²) in [6, 6.07) is 1.95. The van der Waals surface area contributed by atoms with Crippen molar-refractivity contribution >= 4 is 17.6 Å². The van der Waals surface area contributed by atoms with E-state index in [1.54, 1.807) is 4.52 Å². The number of carbonyl (C=O) groups excluding carboxylic acids is 2. The Kier molecular flexibility index (Phi) is 3.86. The van der Waals surface area contributed by atoms with Gasteiger partial charge in [-0.1, -0.05) is 0 Å². The Morgan fingerprint density at radius 1 is 1.27 bits per heavy atom. The van der Waals surface area contributed by atoms with Crippen molar-refractivity contribution in [3.63, 3.8) is 0 Å². The number of aryl methyl sites for hydroxylation is 3. The Morgan fingerprint density at radius 2 is 2.08 bits per heavy atom. The van der Waals surface area contributed by atoms with Crippen LogP contribution in [0, 0.1) is 20.8 Å². The van der Waals surface area contributed by atoms with Crippen LogP contribution in [0.15, 0.2) is 6.07 Å². The zero-order valence-electron chi connectivity index (χ0n) is 15.3. The minimum atomic E-state index is -0.478. The number of aromatic nitrogens is 3. The SMILES string of the molecule is Cc1cc(C)n2nc(C)c(C(=O)N3CCC[C@@]4(CC3)CNC(=O)O4)c2n1. The van der Waals surface area contributed by atoms with Crippen LogP contribution in [-0.4, -0.2) is 56.7 Å². The Morgan fingerprint density at radius 3 is 2.81 bits per heavy atom. The van der Waals surface area contributed by atoms with Crippen LogP contribution in [0.4, 0.5) is 4.79 Å². The molecule has 2 aliphatic rings. The number of nitrogens with one attached hydrogen (secondary N) is 1. The maximum absolute atomic E-state index is 13.2. The van der Waals surface area contributed by atoms with Gasteiger partial charge >= 0.3 is 6.09 Å². The standard InChI is InChI=1S/C18H23N5O3/c1-11-9-12(2)23-15(20-11)14(13(3)21-23)16(24)22-7-4-5-18(6-8-22)10-19-17(25)26-18/h9H,4-8,10H2,1-3H3,(H,19,25)/t18-/m1/s1. The van der Waals surface area contributed by atoms with Crippen LogP contribution in [0.25, 0.3) is 5.65 Å². The van der Waals surface area contributed by atoms with Crippen molar-refractivity contribution in [1.29, 1.82) is 0 Å². The summed E-state index contributed by atoms with van der Waals surface area (Å²) in [5.74, 6) is -0.0515. The summed E-state index contributed by atoms with van der Waals surface area (Å²) >= 11 is 0. The van der Waals surface area contributed by atoms with Crippen molar-refractivity contribution in [3.05, 3.63) is 28.7 Å². The second-order valence-electron chi connectivity index (χ2n) is 7.31. The second kappa shape index (κ2) is 5.96. The molecule has 4 rings (SSSR count). The van der Waals surface area contributed by atoms with E-state index in [9.17, 15) is 9.59 Å². The average molecular weight is 357 g/mol. The average Bonchev–Trinajstić information content (AvgIpc) is 3.02. The molecule has 4 heterocycles. The van der Waals surface area contributed by atoms with Crippen molar-refractivity contribution in [2.45, 2.75) is 45.6 Å². The van der Waals surface area contributed by atoms with Gasteiger partial charge in [0, 0.05) is 30.9 Å². The molecule has 2 aromatic rings. The van der Waals surface area contributed by atoms with Crippen LogP contribution < -0.4 is 5.32 Å². The van der Waals surface area contributed by atoms with Crippen LogP contribution in [0.1, 0.15) is 46.7 Å². The quantitative estimate of drug-likeness (QED) is 0.840. The molecule has 1 N–H and O–H groups in total. The van der Waals surface area contributed by atoms with Crippen LogP contribution in [0.3, 0.4) is 0 Å². The Labute approximate surface area is 151 Å². The molecule has 26 heavy (non-hydrogen) atoms. The molecule has 0 aromatic carbocycles. The first-order valence-corrected chi connectivity index (χ1v) is 8.98. The zero-order valence-corrected chi connectivity index (χ0v) is 15.3. The highest BCUT2D eigenvalue weighted by Gasteiger charge is 2.42. The van der Waals surface area contributed by atoms with E-state index < -0.39 is 5.60 Å². The molecule has 0 unspecified atom stereocenters. The minimum absolute atomic E-state index is 0.0515. The van der Waals surface area contributed by atoms with Crippen molar-refractivity contribution in [2.24, 2.45) is 0 Å². The number of ether oxygens (including phenoxy) is 1. The first-order valence-electron chi connectivity index (χ1n) is 8.98. The number of fused-ring (bicyclic) bond motifs is 1. The topological polar surface area (TPSA) is 88.8 Å². The predicted octanol–water partition coefficient (Wildman–Crippen LogP) is 1.76. The second-order valence-corrected chi connectivity index (χ2v) is 7.31. The number of amides is 2. The number of hydrogen-bond donors (Lipinski definition) is 1. The monoisotopic (exact) mass is 357 g/mol. The number of carbonyl (C=O) groups is 2. The fourth-order valence-corrected chi connectivity index (χ4v) is 3.99. The van der Waals surface area contributed by atoms with Gasteiger partial charge in [0.25, 0.3) is 5.91 Å². The molecule has 2 aromatic heterocycles. The van der Waals surface area contributed by atoms with Gasteiger partial charge in [-0.25, -0.2) is 14.3 Å². The molecule has 0 radical (unpaired) electrons. The van der Waals surface area contributed by atoms with Crippen LogP contribution >= 0.6 is 0 Å². The smallest absolute Gasteiger partial charge is 0.407 e. The lowest BCUT2D eigenvalue weighted by Crippen LogP contribution is -2.36. The molecule has 2 amide bonds. The largest absolute Gasteiger partial charge is 0.441 e. The number of nitrogens with zero attached hydrogens (tertiary/aromatic N) is 4. The van der Waals surface area contributed by atoms with E-state index in [1.807, 2.05) is 31.7 Å². The highest BCUT2D eigenvalue weighted by molar-refractivity contribution is 6.01. The van der Waals surface area contributed by atoms with Gasteiger partial charge in [-0.3, -0.25) is 4.79 Å². The molecule has 2 aliphatic heterocycles. The third-order valence-electron chi connectivity index (χ3n) is 5.33. The molecule has 2 fully saturated rings. The van der Waals surface area contributed by atoms with E-state index >= 15 is 0 Å². The van der Waals surface area contributed by atoms with Gasteiger partial charge in [-0.05, 0) is 39.7 Å². The lowest BCUT2D eigenvalue weighted by molar-refractivity contribution is 0.0439. The third-order valence-corrected chi connectivity index (χ3v) is 5.33. The van der Waals surface area contributed by atoms with Gasteiger partial charge in [-0.15, -0.1) is 0 Å². The Bertz CT molecular complexity index is 906. The van der Waals surface area contributed by atoms with Gasteiger partial charge in [0.15, 0.2) is 5.65 Å².